The Hall–Kier alpha value is -1.96. The molecule has 1 N–H and O–H groups in total. The molecule has 1 amide bonds. The van der Waals surface area contributed by atoms with Gasteiger partial charge in [-0.3, -0.25) is 4.79 Å². The summed E-state index contributed by atoms with van der Waals surface area (Å²) in [5.74, 6) is -0.273. The van der Waals surface area contributed by atoms with E-state index >= 15 is 0 Å². The second-order valence-electron chi connectivity index (χ2n) is 5.47. The summed E-state index contributed by atoms with van der Waals surface area (Å²) in [6.45, 7) is 0. The minimum absolute atomic E-state index is 0.147. The zero-order valence-electron chi connectivity index (χ0n) is 13.2. The van der Waals surface area contributed by atoms with Crippen molar-refractivity contribution in [2.45, 2.75) is 4.90 Å². The summed E-state index contributed by atoms with van der Waals surface area (Å²) < 4.78 is 24.0. The van der Waals surface area contributed by atoms with Crippen LogP contribution >= 0.6 is 27.3 Å². The molecule has 1 aromatic heterocycles. The number of amides is 1. The summed E-state index contributed by atoms with van der Waals surface area (Å²) in [6, 6.07) is 16.2. The van der Waals surface area contributed by atoms with Gasteiger partial charge in [0, 0.05) is 16.4 Å². The minimum atomic E-state index is -3.36. The van der Waals surface area contributed by atoms with E-state index in [0.717, 1.165) is 17.4 Å². The van der Waals surface area contributed by atoms with Crippen LogP contribution in [0.3, 0.4) is 0 Å². The molecule has 1 heterocycles. The summed E-state index contributed by atoms with van der Waals surface area (Å²) >= 11 is 4.62. The molecule has 128 valence electrons. The maximum absolute atomic E-state index is 12.5. The number of carbonyl (C=O) groups is 1. The van der Waals surface area contributed by atoms with Gasteiger partial charge in [-0.25, -0.2) is 8.42 Å². The molecule has 0 spiro atoms. The number of anilines is 1. The molecule has 25 heavy (non-hydrogen) atoms. The number of halogens is 1. The molecule has 4 nitrogen and oxygen atoms in total. The Morgan fingerprint density at radius 1 is 1.04 bits per heavy atom. The Morgan fingerprint density at radius 2 is 1.76 bits per heavy atom. The molecular formula is C18H14BrNO3S2. The Kier molecular flexibility index (Phi) is 5.08. The SMILES string of the molecule is CS(=O)(=O)c1cc(Br)cc(NC(=O)c2cc(-c3ccccc3)cs2)c1. The molecule has 0 saturated carbocycles. The lowest BCUT2D eigenvalue weighted by molar-refractivity contribution is 0.103. The third kappa shape index (κ3) is 4.36. The molecule has 3 aromatic rings. The van der Waals surface area contributed by atoms with Crippen molar-refractivity contribution in [1.29, 1.82) is 0 Å². The van der Waals surface area contributed by atoms with Gasteiger partial charge in [0.25, 0.3) is 5.91 Å². The van der Waals surface area contributed by atoms with Gasteiger partial charge in [0.1, 0.15) is 0 Å². The van der Waals surface area contributed by atoms with Crippen molar-refractivity contribution in [1.82, 2.24) is 0 Å². The third-order valence-corrected chi connectivity index (χ3v) is 5.97. The maximum atomic E-state index is 12.5. The molecule has 7 heteroatoms. The monoisotopic (exact) mass is 435 g/mol. The van der Waals surface area contributed by atoms with E-state index in [2.05, 4.69) is 21.2 Å². The van der Waals surface area contributed by atoms with Gasteiger partial charge in [0.05, 0.1) is 9.77 Å². The predicted octanol–water partition coefficient (Wildman–Crippen LogP) is 4.83. The van der Waals surface area contributed by atoms with Crippen molar-refractivity contribution < 1.29 is 13.2 Å². The molecule has 0 bridgehead atoms. The van der Waals surface area contributed by atoms with Crippen LogP contribution in [0.5, 0.6) is 0 Å². The second kappa shape index (κ2) is 7.11. The van der Waals surface area contributed by atoms with Crippen LogP contribution < -0.4 is 5.32 Å². The van der Waals surface area contributed by atoms with Crippen LogP contribution in [-0.2, 0) is 9.84 Å². The van der Waals surface area contributed by atoms with Crippen LogP contribution in [0.25, 0.3) is 11.1 Å². The fourth-order valence-corrected chi connectivity index (χ4v) is 4.42. The molecule has 3 rings (SSSR count). The highest BCUT2D eigenvalue weighted by atomic mass is 79.9. The average Bonchev–Trinajstić information content (AvgIpc) is 3.04. The van der Waals surface area contributed by atoms with Gasteiger partial charge in [0.2, 0.25) is 0 Å². The van der Waals surface area contributed by atoms with E-state index in [1.54, 1.807) is 6.07 Å². The van der Waals surface area contributed by atoms with Crippen molar-refractivity contribution in [2.75, 3.05) is 11.6 Å². The van der Waals surface area contributed by atoms with E-state index in [1.807, 2.05) is 41.8 Å². The zero-order valence-corrected chi connectivity index (χ0v) is 16.4. The molecule has 0 saturated heterocycles. The Labute approximate surface area is 158 Å². The van der Waals surface area contributed by atoms with Gasteiger partial charge in [-0.15, -0.1) is 11.3 Å². The fourth-order valence-electron chi connectivity index (χ4n) is 2.28. The number of sulfone groups is 1. The highest BCUT2D eigenvalue weighted by Crippen LogP contribution is 2.27. The van der Waals surface area contributed by atoms with Crippen LogP contribution in [0.1, 0.15) is 9.67 Å². The van der Waals surface area contributed by atoms with Gasteiger partial charge in [-0.1, -0.05) is 46.3 Å². The Bertz CT molecular complexity index is 1030. The Morgan fingerprint density at radius 3 is 2.44 bits per heavy atom. The average molecular weight is 436 g/mol. The smallest absolute Gasteiger partial charge is 0.265 e. The van der Waals surface area contributed by atoms with Crippen molar-refractivity contribution in [3.8, 4) is 11.1 Å². The molecule has 0 aliphatic rings. The Balaban J connectivity index is 1.84. The largest absolute Gasteiger partial charge is 0.321 e. The van der Waals surface area contributed by atoms with Crippen LogP contribution in [0.15, 0.2) is 69.3 Å². The lowest BCUT2D eigenvalue weighted by atomic mass is 10.1. The molecular weight excluding hydrogens is 422 g/mol. The van der Waals surface area contributed by atoms with E-state index in [4.69, 9.17) is 0 Å². The van der Waals surface area contributed by atoms with Crippen molar-refractivity contribution in [3.63, 3.8) is 0 Å². The van der Waals surface area contributed by atoms with Crippen LogP contribution in [0.4, 0.5) is 5.69 Å². The van der Waals surface area contributed by atoms with Gasteiger partial charge in [-0.2, -0.15) is 0 Å². The minimum Gasteiger partial charge on any atom is -0.321 e. The van der Waals surface area contributed by atoms with Crippen LogP contribution in [-0.4, -0.2) is 20.6 Å². The van der Waals surface area contributed by atoms with E-state index in [-0.39, 0.29) is 10.8 Å². The first-order valence-electron chi connectivity index (χ1n) is 7.29. The van der Waals surface area contributed by atoms with E-state index in [0.29, 0.717) is 15.0 Å². The molecule has 0 atom stereocenters. The van der Waals surface area contributed by atoms with Crippen molar-refractivity contribution >= 4 is 48.7 Å². The first-order valence-corrected chi connectivity index (χ1v) is 10.9. The van der Waals surface area contributed by atoms with E-state index in [9.17, 15) is 13.2 Å². The number of hydrogen-bond acceptors (Lipinski definition) is 4. The molecule has 0 radical (unpaired) electrons. The topological polar surface area (TPSA) is 63.2 Å². The molecule has 0 fully saturated rings. The molecule has 0 aliphatic carbocycles. The first-order chi connectivity index (χ1) is 11.8. The first kappa shape index (κ1) is 17.8. The lowest BCUT2D eigenvalue weighted by Gasteiger charge is -2.07. The number of carbonyl (C=O) groups excluding carboxylic acids is 1. The van der Waals surface area contributed by atoms with Crippen molar-refractivity contribution in [2.24, 2.45) is 0 Å². The molecule has 0 aliphatic heterocycles. The van der Waals surface area contributed by atoms with Gasteiger partial charge >= 0.3 is 0 Å². The van der Waals surface area contributed by atoms with Crippen LogP contribution in [0.2, 0.25) is 0 Å². The second-order valence-corrected chi connectivity index (χ2v) is 9.31. The molecule has 0 unspecified atom stereocenters. The summed E-state index contributed by atoms with van der Waals surface area (Å²) in [6.07, 6.45) is 1.13. The van der Waals surface area contributed by atoms with Gasteiger partial charge in [0.15, 0.2) is 9.84 Å². The predicted molar refractivity (Wildman–Crippen MR) is 105 cm³/mol. The maximum Gasteiger partial charge on any atom is 0.265 e. The third-order valence-electron chi connectivity index (χ3n) is 3.49. The highest BCUT2D eigenvalue weighted by Gasteiger charge is 2.14. The highest BCUT2D eigenvalue weighted by molar-refractivity contribution is 9.10. The zero-order chi connectivity index (χ0) is 18.0. The van der Waals surface area contributed by atoms with Gasteiger partial charge < -0.3 is 5.32 Å². The quantitative estimate of drug-likeness (QED) is 0.637. The van der Waals surface area contributed by atoms with E-state index < -0.39 is 9.84 Å². The number of rotatable bonds is 4. The summed E-state index contributed by atoms with van der Waals surface area (Å²) in [5, 5.41) is 4.68. The van der Waals surface area contributed by atoms with Crippen molar-refractivity contribution in [3.05, 3.63) is 69.3 Å². The normalized spacial score (nSPS) is 11.3. The fraction of sp³-hybridized carbons (Fsp3) is 0.0556. The standard InChI is InChI=1S/C18H14BrNO3S2/c1-25(22,23)16-9-14(19)8-15(10-16)20-18(21)17-7-13(11-24-17)12-5-3-2-4-6-12/h2-11H,1H3,(H,20,21). The number of hydrogen-bond donors (Lipinski definition) is 1. The summed E-state index contributed by atoms with van der Waals surface area (Å²) in [4.78, 5) is 13.2. The van der Waals surface area contributed by atoms with Crippen LogP contribution in [0, 0.1) is 0 Å². The summed E-state index contributed by atoms with van der Waals surface area (Å²) in [5.41, 5.74) is 2.44. The molecule has 2 aromatic carbocycles. The van der Waals surface area contributed by atoms with E-state index in [1.165, 1.54) is 23.5 Å². The number of benzene rings is 2. The van der Waals surface area contributed by atoms with Gasteiger partial charge in [-0.05, 0) is 40.8 Å². The number of nitrogens with one attached hydrogen (secondary N) is 1. The summed E-state index contributed by atoms with van der Waals surface area (Å²) in [7, 11) is -3.36. The lowest BCUT2D eigenvalue weighted by Crippen LogP contribution is -2.11. The number of thiophene rings is 1.